The average Bonchev–Trinajstić information content (AvgIpc) is 2.32. The molecule has 2 heterocycles. The zero-order chi connectivity index (χ0) is 8.39. The number of hydrogen-bond acceptors (Lipinski definition) is 3. The van der Waals surface area contributed by atoms with Crippen molar-refractivity contribution in [3.8, 4) is 0 Å². The molecule has 0 atom stereocenters. The molecular formula is C8H10BrNOS. The predicted molar refractivity (Wildman–Crippen MR) is 53.5 cm³/mol. The summed E-state index contributed by atoms with van der Waals surface area (Å²) in [5, 5.41) is 3.41. The summed E-state index contributed by atoms with van der Waals surface area (Å²) in [4.78, 5) is 1.37. The van der Waals surface area contributed by atoms with Gasteiger partial charge in [-0.3, -0.25) is 0 Å². The lowest BCUT2D eigenvalue weighted by molar-refractivity contribution is -0.00567. The Kier molecular flexibility index (Phi) is 2.80. The summed E-state index contributed by atoms with van der Waals surface area (Å²) in [7, 11) is 0. The van der Waals surface area contributed by atoms with Crippen molar-refractivity contribution < 1.29 is 4.74 Å². The maximum absolute atomic E-state index is 5.06. The molecule has 1 aliphatic rings. The van der Waals surface area contributed by atoms with Gasteiger partial charge in [0.2, 0.25) is 0 Å². The van der Waals surface area contributed by atoms with Crippen molar-refractivity contribution in [2.75, 3.05) is 13.2 Å². The van der Waals surface area contributed by atoms with Crippen molar-refractivity contribution in [3.05, 3.63) is 20.8 Å². The van der Waals surface area contributed by atoms with Crippen LogP contribution in [0.15, 0.2) is 15.9 Å². The third-order valence-corrected chi connectivity index (χ3v) is 3.46. The minimum Gasteiger partial charge on any atom is -0.378 e. The van der Waals surface area contributed by atoms with Gasteiger partial charge in [0.25, 0.3) is 0 Å². The average molecular weight is 248 g/mol. The molecule has 12 heavy (non-hydrogen) atoms. The SMILES string of the molecule is Brc1ccc(CNC2COC2)s1. The lowest BCUT2D eigenvalue weighted by Gasteiger charge is -2.26. The molecule has 0 spiro atoms. The van der Waals surface area contributed by atoms with E-state index in [0.29, 0.717) is 6.04 Å². The molecular weight excluding hydrogens is 238 g/mol. The summed E-state index contributed by atoms with van der Waals surface area (Å²) in [5.74, 6) is 0. The van der Waals surface area contributed by atoms with Crippen LogP contribution in [0.1, 0.15) is 4.88 Å². The molecule has 66 valence electrons. The van der Waals surface area contributed by atoms with Crippen molar-refractivity contribution in [1.82, 2.24) is 5.32 Å². The van der Waals surface area contributed by atoms with Gasteiger partial charge in [0, 0.05) is 11.4 Å². The lowest BCUT2D eigenvalue weighted by Crippen LogP contribution is -2.45. The lowest BCUT2D eigenvalue weighted by atomic mass is 10.2. The minimum atomic E-state index is 0.575. The molecule has 1 N–H and O–H groups in total. The number of thiophene rings is 1. The maximum Gasteiger partial charge on any atom is 0.0701 e. The molecule has 0 unspecified atom stereocenters. The fourth-order valence-electron chi connectivity index (χ4n) is 1.05. The van der Waals surface area contributed by atoms with Crippen LogP contribution >= 0.6 is 27.3 Å². The fraction of sp³-hybridized carbons (Fsp3) is 0.500. The van der Waals surface area contributed by atoms with Gasteiger partial charge in [0.15, 0.2) is 0 Å². The standard InChI is InChI=1S/C8H10BrNOS/c9-8-2-1-7(12-8)3-10-6-4-11-5-6/h1-2,6,10H,3-5H2. The highest BCUT2D eigenvalue weighted by Crippen LogP contribution is 2.21. The molecule has 1 saturated heterocycles. The summed E-state index contributed by atoms with van der Waals surface area (Å²) in [6.45, 7) is 2.70. The van der Waals surface area contributed by atoms with Gasteiger partial charge in [-0.15, -0.1) is 11.3 Å². The summed E-state index contributed by atoms with van der Waals surface area (Å²) < 4.78 is 6.26. The van der Waals surface area contributed by atoms with E-state index in [1.54, 1.807) is 11.3 Å². The highest BCUT2D eigenvalue weighted by molar-refractivity contribution is 9.11. The minimum absolute atomic E-state index is 0.575. The van der Waals surface area contributed by atoms with Gasteiger partial charge >= 0.3 is 0 Å². The summed E-state index contributed by atoms with van der Waals surface area (Å²) in [5.41, 5.74) is 0. The third kappa shape index (κ3) is 2.07. The Hall–Kier alpha value is 0.1000. The van der Waals surface area contributed by atoms with E-state index in [1.165, 1.54) is 8.66 Å². The van der Waals surface area contributed by atoms with E-state index in [4.69, 9.17) is 4.74 Å². The van der Waals surface area contributed by atoms with Crippen LogP contribution in [0, 0.1) is 0 Å². The van der Waals surface area contributed by atoms with Crippen LogP contribution in [0.2, 0.25) is 0 Å². The van der Waals surface area contributed by atoms with E-state index in [0.717, 1.165) is 19.8 Å². The van der Waals surface area contributed by atoms with Crippen LogP contribution in [-0.4, -0.2) is 19.3 Å². The van der Waals surface area contributed by atoms with Crippen LogP contribution in [-0.2, 0) is 11.3 Å². The number of halogens is 1. The Bertz CT molecular complexity index is 259. The first-order valence-corrected chi connectivity index (χ1v) is 5.51. The smallest absolute Gasteiger partial charge is 0.0701 e. The Morgan fingerprint density at radius 3 is 2.92 bits per heavy atom. The molecule has 4 heteroatoms. The van der Waals surface area contributed by atoms with Gasteiger partial charge in [-0.2, -0.15) is 0 Å². The van der Waals surface area contributed by atoms with Crippen LogP contribution in [0.5, 0.6) is 0 Å². The monoisotopic (exact) mass is 247 g/mol. The van der Waals surface area contributed by atoms with E-state index in [1.807, 2.05) is 0 Å². The van der Waals surface area contributed by atoms with Crippen molar-refractivity contribution in [3.63, 3.8) is 0 Å². The van der Waals surface area contributed by atoms with Gasteiger partial charge < -0.3 is 10.1 Å². The van der Waals surface area contributed by atoms with E-state index in [2.05, 4.69) is 33.4 Å². The zero-order valence-electron chi connectivity index (χ0n) is 6.55. The Morgan fingerprint density at radius 2 is 2.42 bits per heavy atom. The molecule has 0 bridgehead atoms. The van der Waals surface area contributed by atoms with E-state index in [9.17, 15) is 0 Å². The molecule has 0 aromatic carbocycles. The van der Waals surface area contributed by atoms with Crippen LogP contribution in [0.25, 0.3) is 0 Å². The second kappa shape index (κ2) is 3.87. The molecule has 2 nitrogen and oxygen atoms in total. The van der Waals surface area contributed by atoms with E-state index < -0.39 is 0 Å². The van der Waals surface area contributed by atoms with Crippen molar-refractivity contribution in [1.29, 1.82) is 0 Å². The predicted octanol–water partition coefficient (Wildman–Crippen LogP) is 2.00. The highest BCUT2D eigenvalue weighted by atomic mass is 79.9. The third-order valence-electron chi connectivity index (χ3n) is 1.83. The molecule has 1 aliphatic heterocycles. The first-order chi connectivity index (χ1) is 5.84. The number of nitrogens with one attached hydrogen (secondary N) is 1. The molecule has 0 amide bonds. The van der Waals surface area contributed by atoms with Gasteiger partial charge in [-0.25, -0.2) is 0 Å². The molecule has 0 aliphatic carbocycles. The van der Waals surface area contributed by atoms with Crippen LogP contribution < -0.4 is 5.32 Å². The van der Waals surface area contributed by atoms with Crippen molar-refractivity contribution in [2.45, 2.75) is 12.6 Å². The molecule has 1 aromatic heterocycles. The first kappa shape index (κ1) is 8.69. The Balaban J connectivity index is 1.79. The van der Waals surface area contributed by atoms with Crippen molar-refractivity contribution >= 4 is 27.3 Å². The molecule has 1 aromatic rings. The van der Waals surface area contributed by atoms with Crippen molar-refractivity contribution in [2.24, 2.45) is 0 Å². The summed E-state index contributed by atoms with van der Waals surface area (Å²) >= 11 is 5.21. The van der Waals surface area contributed by atoms with Crippen LogP contribution in [0.3, 0.4) is 0 Å². The van der Waals surface area contributed by atoms with E-state index >= 15 is 0 Å². The van der Waals surface area contributed by atoms with E-state index in [-0.39, 0.29) is 0 Å². The van der Waals surface area contributed by atoms with Crippen LogP contribution in [0.4, 0.5) is 0 Å². The van der Waals surface area contributed by atoms with Gasteiger partial charge in [0.1, 0.15) is 0 Å². The van der Waals surface area contributed by atoms with Gasteiger partial charge in [-0.1, -0.05) is 0 Å². The highest BCUT2D eigenvalue weighted by Gasteiger charge is 2.16. The normalized spacial score (nSPS) is 17.8. The second-order valence-electron chi connectivity index (χ2n) is 2.82. The Morgan fingerprint density at radius 1 is 1.58 bits per heavy atom. The van der Waals surface area contributed by atoms with Gasteiger partial charge in [0.05, 0.1) is 23.0 Å². The zero-order valence-corrected chi connectivity index (χ0v) is 8.95. The summed E-state index contributed by atoms with van der Waals surface area (Å²) in [6.07, 6.45) is 0. The van der Waals surface area contributed by atoms with Gasteiger partial charge in [-0.05, 0) is 28.1 Å². The Labute approximate surface area is 84.1 Å². The first-order valence-electron chi connectivity index (χ1n) is 3.90. The molecule has 0 saturated carbocycles. The maximum atomic E-state index is 5.06. The quantitative estimate of drug-likeness (QED) is 0.883. The molecule has 0 radical (unpaired) electrons. The summed E-state index contributed by atoms with van der Waals surface area (Å²) in [6, 6.07) is 4.80. The molecule has 2 rings (SSSR count). The molecule has 1 fully saturated rings. The topological polar surface area (TPSA) is 21.3 Å². The number of hydrogen-bond donors (Lipinski definition) is 1. The second-order valence-corrected chi connectivity index (χ2v) is 5.37. The largest absolute Gasteiger partial charge is 0.378 e. The number of ether oxygens (including phenoxy) is 1. The number of rotatable bonds is 3. The fourth-order valence-corrected chi connectivity index (χ4v) is 2.48.